The molecular formula is C14H21N5O3. The van der Waals surface area contributed by atoms with Gasteiger partial charge in [0.1, 0.15) is 17.3 Å². The second-order valence-electron chi connectivity index (χ2n) is 4.07. The van der Waals surface area contributed by atoms with E-state index < -0.39 is 0 Å². The summed E-state index contributed by atoms with van der Waals surface area (Å²) in [6.45, 7) is 5.18. The first-order valence-electron chi connectivity index (χ1n) is 6.67. The lowest BCUT2D eigenvalue weighted by Gasteiger charge is -2.06. The van der Waals surface area contributed by atoms with E-state index in [-0.39, 0.29) is 28.7 Å². The topological polar surface area (TPSA) is 130 Å². The highest BCUT2D eigenvalue weighted by molar-refractivity contribution is 5.76. The van der Waals surface area contributed by atoms with E-state index in [9.17, 15) is 9.59 Å². The average Bonchev–Trinajstić information content (AvgIpc) is 2.48. The van der Waals surface area contributed by atoms with Crippen LogP contribution in [0.5, 0.6) is 5.88 Å². The molecule has 0 unspecified atom stereocenters. The summed E-state index contributed by atoms with van der Waals surface area (Å²) in [6, 6.07) is 3.21. The molecule has 0 aliphatic carbocycles. The summed E-state index contributed by atoms with van der Waals surface area (Å²) in [7, 11) is 1.85. The first kappa shape index (κ1) is 19.3. The Bertz CT molecular complexity index is 540. The third-order valence-electron chi connectivity index (χ3n) is 2.30. The number of rotatable bonds is 6. The maximum Gasteiger partial charge on any atom is 0.234 e. The molecule has 1 heterocycles. The van der Waals surface area contributed by atoms with E-state index in [0.29, 0.717) is 19.4 Å². The highest BCUT2D eigenvalue weighted by Gasteiger charge is 2.10. The quantitative estimate of drug-likeness (QED) is 0.501. The van der Waals surface area contributed by atoms with Crippen molar-refractivity contribution < 1.29 is 14.3 Å². The van der Waals surface area contributed by atoms with Gasteiger partial charge in [-0.05, 0) is 20.0 Å². The fraction of sp³-hybridized carbons (Fsp3) is 0.429. The van der Waals surface area contributed by atoms with Crippen LogP contribution in [0.2, 0.25) is 0 Å². The van der Waals surface area contributed by atoms with Crippen LogP contribution >= 0.6 is 0 Å². The van der Waals surface area contributed by atoms with Gasteiger partial charge in [-0.15, -0.1) is 0 Å². The molecule has 1 aromatic rings. The minimum Gasteiger partial charge on any atom is -0.477 e. The Morgan fingerprint density at radius 2 is 2.23 bits per heavy atom. The third-order valence-corrected chi connectivity index (χ3v) is 2.30. The molecule has 0 saturated carbocycles. The Morgan fingerprint density at radius 1 is 1.55 bits per heavy atom. The molecule has 4 N–H and O–H groups in total. The first-order valence-corrected chi connectivity index (χ1v) is 6.67. The lowest BCUT2D eigenvalue weighted by Crippen LogP contribution is -2.28. The van der Waals surface area contributed by atoms with Gasteiger partial charge in [-0.1, -0.05) is 0 Å². The summed E-state index contributed by atoms with van der Waals surface area (Å²) in [5.41, 5.74) is 6.06. The van der Waals surface area contributed by atoms with E-state index in [4.69, 9.17) is 15.7 Å². The van der Waals surface area contributed by atoms with Crippen molar-refractivity contribution in [1.29, 1.82) is 5.26 Å². The van der Waals surface area contributed by atoms with Crippen LogP contribution in [0, 0.1) is 11.3 Å². The van der Waals surface area contributed by atoms with Gasteiger partial charge in [-0.2, -0.15) is 5.26 Å². The number of pyridine rings is 1. The SMILES string of the molecule is CCOc1nc(C=O)cc(N)c1C#N.CNCCNC(C)=O. The number of carbonyl (C=O) groups is 2. The van der Waals surface area contributed by atoms with Crippen molar-refractivity contribution in [2.24, 2.45) is 0 Å². The van der Waals surface area contributed by atoms with Crippen molar-refractivity contribution in [3.8, 4) is 11.9 Å². The fourth-order valence-electron chi connectivity index (χ4n) is 1.34. The molecule has 0 aliphatic heterocycles. The highest BCUT2D eigenvalue weighted by Crippen LogP contribution is 2.21. The highest BCUT2D eigenvalue weighted by atomic mass is 16.5. The molecule has 0 aliphatic rings. The van der Waals surface area contributed by atoms with Crippen molar-refractivity contribution in [3.05, 3.63) is 17.3 Å². The Balaban J connectivity index is 0.000000472. The van der Waals surface area contributed by atoms with Crippen LogP contribution in [0.15, 0.2) is 6.07 Å². The maximum atomic E-state index is 10.5. The smallest absolute Gasteiger partial charge is 0.234 e. The van der Waals surface area contributed by atoms with E-state index in [0.717, 1.165) is 6.54 Å². The van der Waals surface area contributed by atoms with E-state index in [1.165, 1.54) is 13.0 Å². The lowest BCUT2D eigenvalue weighted by atomic mass is 10.2. The van der Waals surface area contributed by atoms with Crippen LogP contribution in [-0.2, 0) is 4.79 Å². The molecule has 0 saturated heterocycles. The number of aromatic nitrogens is 1. The number of aldehydes is 1. The normalized spacial score (nSPS) is 9.00. The van der Waals surface area contributed by atoms with Gasteiger partial charge in [-0.25, -0.2) is 4.98 Å². The number of nitrogens with zero attached hydrogens (tertiary/aromatic N) is 2. The molecule has 0 radical (unpaired) electrons. The Labute approximate surface area is 129 Å². The molecular weight excluding hydrogens is 286 g/mol. The number of hydrogen-bond acceptors (Lipinski definition) is 7. The number of nitrogen functional groups attached to an aromatic ring is 1. The van der Waals surface area contributed by atoms with Crippen molar-refractivity contribution in [3.63, 3.8) is 0 Å². The van der Waals surface area contributed by atoms with Gasteiger partial charge >= 0.3 is 0 Å². The van der Waals surface area contributed by atoms with E-state index >= 15 is 0 Å². The number of nitrogens with one attached hydrogen (secondary N) is 2. The van der Waals surface area contributed by atoms with Crippen LogP contribution in [0.3, 0.4) is 0 Å². The maximum absolute atomic E-state index is 10.5. The van der Waals surface area contributed by atoms with Gasteiger partial charge in [0, 0.05) is 20.0 Å². The van der Waals surface area contributed by atoms with Crippen LogP contribution in [0.25, 0.3) is 0 Å². The van der Waals surface area contributed by atoms with Gasteiger partial charge in [0.2, 0.25) is 11.8 Å². The first-order chi connectivity index (χ1) is 10.5. The van der Waals surface area contributed by atoms with E-state index in [1.807, 2.05) is 13.1 Å². The van der Waals surface area contributed by atoms with E-state index in [2.05, 4.69) is 15.6 Å². The van der Waals surface area contributed by atoms with Crippen molar-refractivity contribution in [1.82, 2.24) is 15.6 Å². The molecule has 1 rings (SSSR count). The zero-order valence-corrected chi connectivity index (χ0v) is 13.0. The second kappa shape index (κ2) is 11.0. The molecule has 1 aromatic heterocycles. The lowest BCUT2D eigenvalue weighted by molar-refractivity contribution is -0.118. The van der Waals surface area contributed by atoms with Crippen LogP contribution < -0.4 is 21.1 Å². The Kier molecular flexibility index (Phi) is 9.71. The molecule has 0 bridgehead atoms. The Morgan fingerprint density at radius 3 is 2.68 bits per heavy atom. The van der Waals surface area contributed by atoms with Gasteiger partial charge in [-0.3, -0.25) is 9.59 Å². The number of carbonyl (C=O) groups excluding carboxylic acids is 2. The number of nitriles is 1. The molecule has 8 nitrogen and oxygen atoms in total. The van der Waals surface area contributed by atoms with Crippen molar-refractivity contribution >= 4 is 17.9 Å². The molecule has 1 amide bonds. The largest absolute Gasteiger partial charge is 0.477 e. The monoisotopic (exact) mass is 307 g/mol. The molecule has 120 valence electrons. The van der Waals surface area contributed by atoms with Gasteiger partial charge in [0.25, 0.3) is 0 Å². The molecule has 22 heavy (non-hydrogen) atoms. The van der Waals surface area contributed by atoms with E-state index in [1.54, 1.807) is 6.92 Å². The molecule has 8 heteroatoms. The van der Waals surface area contributed by atoms with Gasteiger partial charge in [0.15, 0.2) is 6.29 Å². The summed E-state index contributed by atoms with van der Waals surface area (Å²) < 4.78 is 5.08. The number of hydrogen-bond donors (Lipinski definition) is 3. The number of likely N-dealkylation sites (N-methyl/N-ethyl adjacent to an activating group) is 1. The van der Waals surface area contributed by atoms with Crippen LogP contribution in [-0.4, -0.2) is 43.9 Å². The molecule has 0 aromatic carbocycles. The number of anilines is 1. The van der Waals surface area contributed by atoms with Crippen molar-refractivity contribution in [2.75, 3.05) is 32.5 Å². The third kappa shape index (κ3) is 7.21. The number of amides is 1. The predicted octanol–water partition coefficient (Wildman–Crippen LogP) is 0.0886. The fourth-order valence-corrected chi connectivity index (χ4v) is 1.34. The number of ether oxygens (including phenoxy) is 1. The summed E-state index contributed by atoms with van der Waals surface area (Å²) in [5, 5.41) is 14.3. The second-order valence-corrected chi connectivity index (χ2v) is 4.07. The minimum absolute atomic E-state index is 0.0280. The Hall–Kier alpha value is -2.66. The predicted molar refractivity (Wildman–Crippen MR) is 82.5 cm³/mol. The average molecular weight is 307 g/mol. The number of nitrogens with two attached hydrogens (primary N) is 1. The van der Waals surface area contributed by atoms with Crippen LogP contribution in [0.1, 0.15) is 29.9 Å². The summed E-state index contributed by atoms with van der Waals surface area (Å²) in [5.74, 6) is 0.136. The van der Waals surface area contributed by atoms with Crippen LogP contribution in [0.4, 0.5) is 5.69 Å². The summed E-state index contributed by atoms with van der Waals surface area (Å²) in [4.78, 5) is 24.5. The summed E-state index contributed by atoms with van der Waals surface area (Å²) in [6.07, 6.45) is 0.556. The zero-order chi connectivity index (χ0) is 17.0. The standard InChI is InChI=1S/C9H9N3O2.C5H12N2O/c1-2-14-9-7(4-10)8(11)3-6(5-13)12-9;1-5(8)7-4-3-6-2/h3,5H,2H2,1H3,(H2,11,12);6H,3-4H2,1-2H3,(H,7,8). The van der Waals surface area contributed by atoms with Gasteiger partial charge < -0.3 is 21.1 Å². The molecule has 0 atom stereocenters. The van der Waals surface area contributed by atoms with Crippen molar-refractivity contribution in [2.45, 2.75) is 13.8 Å². The minimum atomic E-state index is 0.0280. The summed E-state index contributed by atoms with van der Waals surface area (Å²) >= 11 is 0. The molecule has 0 fully saturated rings. The zero-order valence-electron chi connectivity index (χ0n) is 13.0. The molecule has 0 spiro atoms. The van der Waals surface area contributed by atoms with Gasteiger partial charge in [0.05, 0.1) is 12.3 Å².